The molecule has 0 unspecified atom stereocenters. The number of para-hydroxylation sites is 1. The minimum Gasteiger partial charge on any atom is -0.483 e. The molecule has 0 atom stereocenters. The lowest BCUT2D eigenvalue weighted by Crippen LogP contribution is -2.24. The van der Waals surface area contributed by atoms with E-state index in [0.717, 1.165) is 16.9 Å². The first-order valence-corrected chi connectivity index (χ1v) is 7.88. The fourth-order valence-electron chi connectivity index (χ4n) is 2.31. The molecule has 0 fully saturated rings. The first-order chi connectivity index (χ1) is 12.2. The molecule has 0 aliphatic heterocycles. The van der Waals surface area contributed by atoms with Crippen molar-refractivity contribution in [2.75, 3.05) is 6.61 Å². The van der Waals surface area contributed by atoms with Gasteiger partial charge in [-0.15, -0.1) is 0 Å². The maximum atomic E-state index is 11.9. The maximum Gasteiger partial charge on any atom is 0.277 e. The highest BCUT2D eigenvalue weighted by Crippen LogP contribution is 2.29. The smallest absolute Gasteiger partial charge is 0.277 e. The third-order valence-corrected chi connectivity index (χ3v) is 3.47. The molecular formula is C20H18N2O3. The van der Waals surface area contributed by atoms with Crippen LogP contribution in [0.3, 0.4) is 0 Å². The number of rotatable bonds is 6. The van der Waals surface area contributed by atoms with Crippen molar-refractivity contribution in [3.05, 3.63) is 78.3 Å². The molecule has 3 aromatic rings. The number of ether oxygens (including phenoxy) is 1. The molecule has 5 nitrogen and oxygen atoms in total. The van der Waals surface area contributed by atoms with Crippen LogP contribution < -0.4 is 10.2 Å². The summed E-state index contributed by atoms with van der Waals surface area (Å²) >= 11 is 0. The van der Waals surface area contributed by atoms with E-state index in [0.29, 0.717) is 11.5 Å². The Morgan fingerprint density at radius 2 is 1.84 bits per heavy atom. The van der Waals surface area contributed by atoms with Crippen LogP contribution in [0.4, 0.5) is 0 Å². The summed E-state index contributed by atoms with van der Waals surface area (Å²) in [5.41, 5.74) is 4.38. The van der Waals surface area contributed by atoms with Crippen molar-refractivity contribution in [3.63, 3.8) is 0 Å². The number of nitrogens with one attached hydrogen (secondary N) is 1. The van der Waals surface area contributed by atoms with Crippen molar-refractivity contribution < 1.29 is 13.9 Å². The number of benzene rings is 2. The van der Waals surface area contributed by atoms with E-state index in [4.69, 9.17) is 9.15 Å². The molecule has 1 N–H and O–H groups in total. The van der Waals surface area contributed by atoms with E-state index in [2.05, 4.69) is 10.5 Å². The van der Waals surface area contributed by atoms with Gasteiger partial charge in [0.05, 0.1) is 6.21 Å². The van der Waals surface area contributed by atoms with Crippen molar-refractivity contribution >= 4 is 12.1 Å². The molecule has 1 aromatic heterocycles. The molecule has 2 aromatic carbocycles. The van der Waals surface area contributed by atoms with Crippen LogP contribution >= 0.6 is 0 Å². The van der Waals surface area contributed by atoms with Crippen LogP contribution in [0.25, 0.3) is 11.1 Å². The number of hydrogen-bond donors (Lipinski definition) is 1. The molecule has 0 saturated heterocycles. The molecule has 0 spiro atoms. The Labute approximate surface area is 145 Å². The average Bonchev–Trinajstić information content (AvgIpc) is 3.06. The van der Waals surface area contributed by atoms with Gasteiger partial charge in [0.15, 0.2) is 6.61 Å². The lowest BCUT2D eigenvalue weighted by atomic mass is 10.1. The quantitative estimate of drug-likeness (QED) is 0.551. The third-order valence-electron chi connectivity index (χ3n) is 3.47. The van der Waals surface area contributed by atoms with Crippen LogP contribution in [-0.4, -0.2) is 18.7 Å². The molecular weight excluding hydrogens is 316 g/mol. The monoisotopic (exact) mass is 334 g/mol. The number of furan rings is 1. The van der Waals surface area contributed by atoms with E-state index < -0.39 is 0 Å². The predicted molar refractivity (Wildman–Crippen MR) is 96.6 cm³/mol. The fourth-order valence-corrected chi connectivity index (χ4v) is 2.31. The summed E-state index contributed by atoms with van der Waals surface area (Å²) in [5, 5.41) is 3.85. The van der Waals surface area contributed by atoms with Gasteiger partial charge in [-0.05, 0) is 30.7 Å². The Balaban J connectivity index is 1.58. The summed E-state index contributed by atoms with van der Waals surface area (Å²) in [5.74, 6) is 1.67. The van der Waals surface area contributed by atoms with E-state index in [1.165, 1.54) is 6.21 Å². The molecule has 1 amide bonds. The van der Waals surface area contributed by atoms with E-state index >= 15 is 0 Å². The summed E-state index contributed by atoms with van der Waals surface area (Å²) in [6.07, 6.45) is 1.45. The number of carbonyl (C=O) groups is 1. The number of nitrogens with zero attached hydrogens (tertiary/aromatic N) is 1. The van der Waals surface area contributed by atoms with Crippen molar-refractivity contribution in [1.29, 1.82) is 0 Å². The van der Waals surface area contributed by atoms with Gasteiger partial charge in [0, 0.05) is 5.56 Å². The number of hydrazone groups is 1. The maximum absolute atomic E-state index is 11.9. The third kappa shape index (κ3) is 4.57. The number of amides is 1. The highest BCUT2D eigenvalue weighted by Gasteiger charge is 2.07. The largest absolute Gasteiger partial charge is 0.483 e. The van der Waals surface area contributed by atoms with E-state index in [9.17, 15) is 4.79 Å². The Hall–Kier alpha value is -3.34. The predicted octanol–water partition coefficient (Wildman–Crippen LogP) is 3.78. The summed E-state index contributed by atoms with van der Waals surface area (Å²) < 4.78 is 11.0. The van der Waals surface area contributed by atoms with Gasteiger partial charge in [0.25, 0.3) is 5.91 Å². The van der Waals surface area contributed by atoms with Crippen LogP contribution in [0.1, 0.15) is 11.5 Å². The van der Waals surface area contributed by atoms with Crippen LogP contribution in [0.5, 0.6) is 5.75 Å². The topological polar surface area (TPSA) is 63.8 Å². The zero-order chi connectivity index (χ0) is 17.5. The van der Waals surface area contributed by atoms with Gasteiger partial charge < -0.3 is 9.15 Å². The highest BCUT2D eigenvalue weighted by atomic mass is 16.5. The Kier molecular flexibility index (Phi) is 5.26. The van der Waals surface area contributed by atoms with Crippen LogP contribution in [0.2, 0.25) is 0 Å². The molecule has 3 rings (SSSR count). The number of carbonyl (C=O) groups excluding carboxylic acids is 1. The molecule has 0 aliphatic rings. The number of hydrogen-bond acceptors (Lipinski definition) is 4. The molecule has 25 heavy (non-hydrogen) atoms. The second kappa shape index (κ2) is 7.97. The second-order valence-electron chi connectivity index (χ2n) is 5.39. The van der Waals surface area contributed by atoms with Crippen LogP contribution in [0, 0.1) is 6.92 Å². The van der Waals surface area contributed by atoms with Crippen molar-refractivity contribution in [2.24, 2.45) is 5.10 Å². The standard InChI is InChI=1S/C20H18N2O3/c1-15-11-12-17(25-15)13-21-22-20(23)14-24-19-10-6-5-9-18(19)16-7-3-2-4-8-16/h2-13H,14H2,1H3,(H,22,23). The van der Waals surface area contributed by atoms with Crippen molar-refractivity contribution in [3.8, 4) is 16.9 Å². The Morgan fingerprint density at radius 3 is 2.60 bits per heavy atom. The van der Waals surface area contributed by atoms with Crippen molar-refractivity contribution in [1.82, 2.24) is 5.43 Å². The van der Waals surface area contributed by atoms with Crippen molar-refractivity contribution in [2.45, 2.75) is 6.92 Å². The van der Waals surface area contributed by atoms with Gasteiger partial charge >= 0.3 is 0 Å². The summed E-state index contributed by atoms with van der Waals surface area (Å²) in [4.78, 5) is 11.9. The molecule has 5 heteroatoms. The van der Waals surface area contributed by atoms with Gasteiger partial charge in [-0.2, -0.15) is 5.10 Å². The molecule has 0 aliphatic carbocycles. The van der Waals surface area contributed by atoms with Gasteiger partial charge in [0.2, 0.25) is 0 Å². The zero-order valence-electron chi connectivity index (χ0n) is 13.8. The van der Waals surface area contributed by atoms with E-state index in [1.54, 1.807) is 6.07 Å². The van der Waals surface area contributed by atoms with E-state index in [-0.39, 0.29) is 12.5 Å². The first kappa shape index (κ1) is 16.5. The van der Waals surface area contributed by atoms with Gasteiger partial charge in [-0.3, -0.25) is 4.79 Å². The lowest BCUT2D eigenvalue weighted by Gasteiger charge is -2.10. The average molecular weight is 334 g/mol. The minimum absolute atomic E-state index is 0.127. The summed E-state index contributed by atoms with van der Waals surface area (Å²) in [6, 6.07) is 21.1. The lowest BCUT2D eigenvalue weighted by molar-refractivity contribution is -0.123. The van der Waals surface area contributed by atoms with Crippen LogP contribution in [-0.2, 0) is 4.79 Å². The van der Waals surface area contributed by atoms with Gasteiger partial charge in [-0.1, -0.05) is 48.5 Å². The van der Waals surface area contributed by atoms with E-state index in [1.807, 2.05) is 67.6 Å². The second-order valence-corrected chi connectivity index (χ2v) is 5.39. The highest BCUT2D eigenvalue weighted by molar-refractivity contribution is 5.81. The molecule has 0 bridgehead atoms. The summed E-state index contributed by atoms with van der Waals surface area (Å²) in [6.45, 7) is 1.71. The minimum atomic E-state index is -0.345. The fraction of sp³-hybridized carbons (Fsp3) is 0.100. The van der Waals surface area contributed by atoms with Crippen LogP contribution in [0.15, 0.2) is 76.2 Å². The summed E-state index contributed by atoms with van der Waals surface area (Å²) in [7, 11) is 0. The number of aryl methyl sites for hydroxylation is 1. The molecule has 0 saturated carbocycles. The first-order valence-electron chi connectivity index (χ1n) is 7.88. The molecule has 1 heterocycles. The normalized spacial score (nSPS) is 10.8. The SMILES string of the molecule is Cc1ccc(C=NNC(=O)COc2ccccc2-c2ccccc2)o1. The van der Waals surface area contributed by atoms with Gasteiger partial charge in [0.1, 0.15) is 17.3 Å². The Morgan fingerprint density at radius 1 is 1.08 bits per heavy atom. The Bertz CT molecular complexity index is 869. The molecule has 126 valence electrons. The zero-order valence-corrected chi connectivity index (χ0v) is 13.8. The molecule has 0 radical (unpaired) electrons. The van der Waals surface area contributed by atoms with Gasteiger partial charge in [-0.25, -0.2) is 5.43 Å².